The lowest BCUT2D eigenvalue weighted by Gasteiger charge is -2.06. The molecule has 2 aromatic carbocycles. The maximum absolute atomic E-state index is 12.2. The molecule has 2 rings (SSSR count). The number of hydrogen-bond acceptors (Lipinski definition) is 2. The highest BCUT2D eigenvalue weighted by atomic mass is 35.5. The molecule has 0 aliphatic rings. The first-order valence-electron chi connectivity index (χ1n) is 6.99. The zero-order chi connectivity index (χ0) is 15.9. The molecule has 0 aliphatic heterocycles. The van der Waals surface area contributed by atoms with Crippen molar-refractivity contribution in [3.8, 4) is 0 Å². The van der Waals surface area contributed by atoms with Crippen molar-refractivity contribution in [3.63, 3.8) is 0 Å². The van der Waals surface area contributed by atoms with Gasteiger partial charge in [-0.1, -0.05) is 41.9 Å². The molecule has 22 heavy (non-hydrogen) atoms. The Morgan fingerprint density at radius 3 is 2.68 bits per heavy atom. The van der Waals surface area contributed by atoms with Gasteiger partial charge in [-0.2, -0.15) is 0 Å². The monoisotopic (exact) mass is 335 g/mol. The van der Waals surface area contributed by atoms with Crippen LogP contribution in [-0.4, -0.2) is 22.9 Å². The van der Waals surface area contributed by atoms with Gasteiger partial charge in [-0.3, -0.25) is 9.00 Å². The van der Waals surface area contributed by atoms with E-state index in [0.29, 0.717) is 28.5 Å². The molecule has 1 unspecified atom stereocenters. The quantitative estimate of drug-likeness (QED) is 0.881. The van der Waals surface area contributed by atoms with E-state index in [4.69, 9.17) is 11.6 Å². The molecule has 0 spiro atoms. The SMILES string of the molecule is CNC(=O)c1cccc(CS(=O)CCc2ccccc2Cl)c1. The first-order chi connectivity index (χ1) is 10.6. The molecular weight excluding hydrogens is 318 g/mol. The third-order valence-electron chi connectivity index (χ3n) is 3.30. The molecule has 1 N–H and O–H groups in total. The van der Waals surface area contributed by atoms with E-state index >= 15 is 0 Å². The van der Waals surface area contributed by atoms with Crippen LogP contribution in [0.1, 0.15) is 21.5 Å². The molecule has 116 valence electrons. The molecule has 0 aliphatic carbocycles. The van der Waals surface area contributed by atoms with Crippen LogP contribution in [0.3, 0.4) is 0 Å². The average Bonchev–Trinajstić information content (AvgIpc) is 2.53. The molecule has 0 aromatic heterocycles. The van der Waals surface area contributed by atoms with Crippen LogP contribution in [0.25, 0.3) is 0 Å². The fourth-order valence-electron chi connectivity index (χ4n) is 2.13. The van der Waals surface area contributed by atoms with Gasteiger partial charge in [-0.15, -0.1) is 0 Å². The van der Waals surface area contributed by atoms with Crippen molar-refractivity contribution in [2.75, 3.05) is 12.8 Å². The molecule has 0 bridgehead atoms. The maximum atomic E-state index is 12.2. The van der Waals surface area contributed by atoms with Gasteiger partial charge in [-0.05, 0) is 35.7 Å². The fraction of sp³-hybridized carbons (Fsp3) is 0.235. The van der Waals surface area contributed by atoms with Gasteiger partial charge in [0.2, 0.25) is 0 Å². The molecular formula is C17H18ClNO2S. The van der Waals surface area contributed by atoms with Crippen LogP contribution in [0.5, 0.6) is 0 Å². The molecule has 0 fully saturated rings. The summed E-state index contributed by atoms with van der Waals surface area (Å²) in [5.74, 6) is 0.854. The van der Waals surface area contributed by atoms with Crippen molar-refractivity contribution in [1.82, 2.24) is 5.32 Å². The zero-order valence-electron chi connectivity index (χ0n) is 12.3. The van der Waals surface area contributed by atoms with E-state index in [1.54, 1.807) is 19.2 Å². The van der Waals surface area contributed by atoms with Crippen LogP contribution in [0.2, 0.25) is 5.02 Å². The Kier molecular flexibility index (Phi) is 6.16. The second-order valence-electron chi connectivity index (χ2n) is 4.91. The molecule has 0 radical (unpaired) electrons. The van der Waals surface area contributed by atoms with Gasteiger partial charge in [0.15, 0.2) is 0 Å². The second kappa shape index (κ2) is 8.11. The van der Waals surface area contributed by atoms with Crippen molar-refractivity contribution in [2.24, 2.45) is 0 Å². The van der Waals surface area contributed by atoms with Gasteiger partial charge < -0.3 is 5.32 Å². The van der Waals surface area contributed by atoms with E-state index in [-0.39, 0.29) is 5.91 Å². The predicted molar refractivity (Wildman–Crippen MR) is 91.7 cm³/mol. The number of rotatable bonds is 6. The normalized spacial score (nSPS) is 11.9. The Balaban J connectivity index is 1.95. The van der Waals surface area contributed by atoms with E-state index in [9.17, 15) is 9.00 Å². The van der Waals surface area contributed by atoms with Crippen molar-refractivity contribution in [1.29, 1.82) is 0 Å². The lowest BCUT2D eigenvalue weighted by atomic mass is 10.1. The summed E-state index contributed by atoms with van der Waals surface area (Å²) in [6.07, 6.45) is 0.682. The summed E-state index contributed by atoms with van der Waals surface area (Å²) in [6, 6.07) is 14.8. The van der Waals surface area contributed by atoms with Crippen molar-refractivity contribution >= 4 is 28.3 Å². The zero-order valence-corrected chi connectivity index (χ0v) is 13.9. The number of carbonyl (C=O) groups excluding carboxylic acids is 1. The van der Waals surface area contributed by atoms with Crippen LogP contribution in [-0.2, 0) is 23.0 Å². The molecule has 5 heteroatoms. The summed E-state index contributed by atoms with van der Waals surface area (Å²) in [4.78, 5) is 11.6. The van der Waals surface area contributed by atoms with Gasteiger partial charge in [-0.25, -0.2) is 0 Å². The maximum Gasteiger partial charge on any atom is 0.251 e. The van der Waals surface area contributed by atoms with Gasteiger partial charge in [0, 0.05) is 39.9 Å². The number of nitrogens with one attached hydrogen (secondary N) is 1. The summed E-state index contributed by atoms with van der Waals surface area (Å²) in [6.45, 7) is 0. The smallest absolute Gasteiger partial charge is 0.251 e. The van der Waals surface area contributed by atoms with Gasteiger partial charge >= 0.3 is 0 Å². The lowest BCUT2D eigenvalue weighted by molar-refractivity contribution is 0.0963. The summed E-state index contributed by atoms with van der Waals surface area (Å²) >= 11 is 6.10. The molecule has 0 saturated carbocycles. The number of benzene rings is 2. The van der Waals surface area contributed by atoms with Crippen molar-refractivity contribution in [3.05, 3.63) is 70.2 Å². The van der Waals surface area contributed by atoms with Crippen LogP contribution < -0.4 is 5.32 Å². The van der Waals surface area contributed by atoms with Crippen LogP contribution in [0, 0.1) is 0 Å². The number of aryl methyl sites for hydroxylation is 1. The Hall–Kier alpha value is -1.65. The van der Waals surface area contributed by atoms with E-state index in [1.165, 1.54) is 0 Å². The number of amides is 1. The molecule has 1 amide bonds. The molecule has 0 saturated heterocycles. The van der Waals surface area contributed by atoms with Gasteiger partial charge in [0.1, 0.15) is 0 Å². The van der Waals surface area contributed by atoms with E-state index in [0.717, 1.165) is 11.1 Å². The van der Waals surface area contributed by atoms with Crippen molar-refractivity contribution < 1.29 is 9.00 Å². The van der Waals surface area contributed by atoms with Gasteiger partial charge in [0.05, 0.1) is 0 Å². The van der Waals surface area contributed by atoms with Crippen LogP contribution in [0.4, 0.5) is 0 Å². The van der Waals surface area contributed by atoms with Gasteiger partial charge in [0.25, 0.3) is 5.91 Å². The van der Waals surface area contributed by atoms with E-state index < -0.39 is 10.8 Å². The Morgan fingerprint density at radius 2 is 1.95 bits per heavy atom. The van der Waals surface area contributed by atoms with E-state index in [1.807, 2.05) is 36.4 Å². The minimum Gasteiger partial charge on any atom is -0.355 e. The molecule has 2 aromatic rings. The Morgan fingerprint density at radius 1 is 1.18 bits per heavy atom. The predicted octanol–water partition coefficient (Wildman–Crippen LogP) is 3.19. The summed E-state index contributed by atoms with van der Waals surface area (Å²) < 4.78 is 12.2. The van der Waals surface area contributed by atoms with Crippen LogP contribution in [0.15, 0.2) is 48.5 Å². The molecule has 0 heterocycles. The third kappa shape index (κ3) is 4.68. The molecule has 1 atom stereocenters. The number of carbonyl (C=O) groups is 1. The van der Waals surface area contributed by atoms with Crippen LogP contribution >= 0.6 is 11.6 Å². The lowest BCUT2D eigenvalue weighted by Crippen LogP contribution is -2.17. The topological polar surface area (TPSA) is 46.2 Å². The third-order valence-corrected chi connectivity index (χ3v) is 4.98. The second-order valence-corrected chi connectivity index (χ2v) is 6.89. The fourth-order valence-corrected chi connectivity index (χ4v) is 3.50. The highest BCUT2D eigenvalue weighted by Gasteiger charge is 2.08. The summed E-state index contributed by atoms with van der Waals surface area (Å²) in [5.41, 5.74) is 2.50. The summed E-state index contributed by atoms with van der Waals surface area (Å²) in [5, 5.41) is 3.29. The van der Waals surface area contributed by atoms with Crippen molar-refractivity contribution in [2.45, 2.75) is 12.2 Å². The largest absolute Gasteiger partial charge is 0.355 e. The van der Waals surface area contributed by atoms with E-state index in [2.05, 4.69) is 5.32 Å². The summed E-state index contributed by atoms with van der Waals surface area (Å²) in [7, 11) is 0.600. The average molecular weight is 336 g/mol. The Bertz CT molecular complexity index is 688. The standard InChI is InChI=1S/C17H18ClNO2S/c1-19-17(20)15-7-4-5-13(11-15)12-22(21)10-9-14-6-2-3-8-16(14)18/h2-8,11H,9-10,12H2,1H3,(H,19,20). The first kappa shape index (κ1) is 16.7. The number of halogens is 1. The minimum absolute atomic E-state index is 0.135. The minimum atomic E-state index is -0.994. The highest BCUT2D eigenvalue weighted by Crippen LogP contribution is 2.16. The highest BCUT2D eigenvalue weighted by molar-refractivity contribution is 7.84. The molecule has 3 nitrogen and oxygen atoms in total. The first-order valence-corrected chi connectivity index (χ1v) is 8.86. The Labute approximate surface area is 138 Å². The number of hydrogen-bond donors (Lipinski definition) is 1.